The van der Waals surface area contributed by atoms with Crippen LogP contribution >= 0.6 is 0 Å². The Morgan fingerprint density at radius 3 is 2.94 bits per heavy atom. The summed E-state index contributed by atoms with van der Waals surface area (Å²) < 4.78 is 0. The zero-order valence-corrected chi connectivity index (χ0v) is 9.24. The summed E-state index contributed by atoms with van der Waals surface area (Å²) in [5.41, 5.74) is 0.309. The van der Waals surface area contributed by atoms with Crippen LogP contribution in [-0.2, 0) is 4.79 Å². The molecule has 17 heavy (non-hydrogen) atoms. The Hall–Kier alpha value is -1.98. The highest BCUT2D eigenvalue weighted by atomic mass is 16.4. The molecule has 0 aliphatic carbocycles. The molecule has 1 aromatic rings. The van der Waals surface area contributed by atoms with Crippen molar-refractivity contribution < 1.29 is 14.7 Å². The minimum Gasteiger partial charge on any atom is -0.481 e. The second-order valence-corrected chi connectivity index (χ2v) is 4.09. The van der Waals surface area contributed by atoms with Crippen LogP contribution in [0.3, 0.4) is 0 Å². The number of aliphatic carboxylic acids is 1. The lowest BCUT2D eigenvalue weighted by molar-refractivity contribution is -0.138. The minimum absolute atomic E-state index is 0.0492. The van der Waals surface area contributed by atoms with E-state index in [2.05, 4.69) is 9.97 Å². The van der Waals surface area contributed by atoms with E-state index in [1.54, 1.807) is 4.90 Å². The number of carbonyl (C=O) groups excluding carboxylic acids is 1. The molecular weight excluding hydrogens is 222 g/mol. The first kappa shape index (κ1) is 11.5. The Labute approximate surface area is 98.3 Å². The third kappa shape index (κ3) is 2.77. The van der Waals surface area contributed by atoms with Crippen molar-refractivity contribution in [1.82, 2.24) is 14.9 Å². The highest BCUT2D eigenvalue weighted by Crippen LogP contribution is 2.20. The average molecular weight is 235 g/mol. The first-order valence-corrected chi connectivity index (χ1v) is 5.44. The number of rotatable bonds is 3. The number of likely N-dealkylation sites (tertiary alicyclic amines) is 1. The van der Waals surface area contributed by atoms with Gasteiger partial charge in [-0.2, -0.15) is 0 Å². The van der Waals surface area contributed by atoms with E-state index in [-0.39, 0.29) is 18.2 Å². The number of nitrogens with zero attached hydrogens (tertiary/aromatic N) is 3. The van der Waals surface area contributed by atoms with Gasteiger partial charge in [0.25, 0.3) is 5.91 Å². The summed E-state index contributed by atoms with van der Waals surface area (Å²) in [4.78, 5) is 31.9. The van der Waals surface area contributed by atoms with Gasteiger partial charge in [-0.05, 0) is 12.3 Å². The molecule has 2 heterocycles. The zero-order valence-electron chi connectivity index (χ0n) is 9.24. The molecule has 6 nitrogen and oxygen atoms in total. The van der Waals surface area contributed by atoms with E-state index < -0.39 is 5.97 Å². The van der Waals surface area contributed by atoms with Gasteiger partial charge in [0.15, 0.2) is 0 Å². The molecule has 0 spiro atoms. The molecule has 1 aliphatic heterocycles. The molecular formula is C11H13N3O3. The summed E-state index contributed by atoms with van der Waals surface area (Å²) in [6, 6.07) is 0. The van der Waals surface area contributed by atoms with Crippen molar-refractivity contribution in [1.29, 1.82) is 0 Å². The summed E-state index contributed by atoms with van der Waals surface area (Å²) in [7, 11) is 0. The number of carboxylic acids is 1. The molecule has 0 radical (unpaired) electrons. The Kier molecular flexibility index (Phi) is 3.32. The van der Waals surface area contributed by atoms with Crippen LogP contribution in [0.15, 0.2) is 18.6 Å². The molecule has 1 amide bonds. The van der Waals surface area contributed by atoms with Crippen LogP contribution in [0, 0.1) is 5.92 Å². The van der Waals surface area contributed by atoms with Crippen molar-refractivity contribution in [2.45, 2.75) is 12.8 Å². The van der Waals surface area contributed by atoms with Crippen LogP contribution in [0.25, 0.3) is 0 Å². The fourth-order valence-corrected chi connectivity index (χ4v) is 2.00. The smallest absolute Gasteiger partial charge is 0.303 e. The quantitative estimate of drug-likeness (QED) is 0.820. The fourth-order valence-electron chi connectivity index (χ4n) is 2.00. The summed E-state index contributed by atoms with van der Waals surface area (Å²) in [5, 5.41) is 8.69. The molecule has 90 valence electrons. The van der Waals surface area contributed by atoms with Gasteiger partial charge in [-0.15, -0.1) is 0 Å². The summed E-state index contributed by atoms with van der Waals surface area (Å²) in [6.45, 7) is 1.08. The van der Waals surface area contributed by atoms with Crippen LogP contribution in [0.5, 0.6) is 0 Å². The van der Waals surface area contributed by atoms with Crippen LogP contribution in [0.4, 0.5) is 0 Å². The van der Waals surface area contributed by atoms with Gasteiger partial charge in [-0.25, -0.2) is 4.98 Å². The summed E-state index contributed by atoms with van der Waals surface area (Å²) >= 11 is 0. The van der Waals surface area contributed by atoms with Crippen molar-refractivity contribution in [3.05, 3.63) is 24.3 Å². The van der Waals surface area contributed by atoms with Gasteiger partial charge >= 0.3 is 5.97 Å². The molecule has 1 unspecified atom stereocenters. The van der Waals surface area contributed by atoms with Crippen molar-refractivity contribution in [3.8, 4) is 0 Å². The van der Waals surface area contributed by atoms with Crippen LogP contribution in [0.1, 0.15) is 23.3 Å². The molecule has 1 N–H and O–H groups in total. The van der Waals surface area contributed by atoms with E-state index in [0.29, 0.717) is 18.8 Å². The largest absolute Gasteiger partial charge is 0.481 e. The van der Waals surface area contributed by atoms with Crippen molar-refractivity contribution in [2.75, 3.05) is 13.1 Å². The Morgan fingerprint density at radius 2 is 2.29 bits per heavy atom. The molecule has 1 atom stereocenters. The molecule has 0 bridgehead atoms. The normalized spacial score (nSPS) is 19.3. The van der Waals surface area contributed by atoms with E-state index in [4.69, 9.17) is 5.11 Å². The van der Waals surface area contributed by atoms with Gasteiger partial charge in [0.2, 0.25) is 0 Å². The second kappa shape index (κ2) is 4.90. The predicted molar refractivity (Wildman–Crippen MR) is 58.3 cm³/mol. The highest BCUT2D eigenvalue weighted by molar-refractivity contribution is 5.92. The van der Waals surface area contributed by atoms with Gasteiger partial charge in [0.05, 0.1) is 6.20 Å². The zero-order chi connectivity index (χ0) is 12.3. The summed E-state index contributed by atoms with van der Waals surface area (Å²) in [5.74, 6) is -0.942. The number of carbonyl (C=O) groups is 2. The Bertz CT molecular complexity index is 421. The Morgan fingerprint density at radius 1 is 1.47 bits per heavy atom. The molecule has 0 saturated carbocycles. The average Bonchev–Trinajstić information content (AvgIpc) is 2.77. The number of amides is 1. The third-order valence-electron chi connectivity index (χ3n) is 2.82. The van der Waals surface area contributed by atoms with Crippen LogP contribution in [0.2, 0.25) is 0 Å². The molecule has 2 rings (SSSR count). The van der Waals surface area contributed by atoms with Gasteiger partial charge in [0.1, 0.15) is 5.69 Å². The SMILES string of the molecule is O=C(O)CC1CCN(C(=O)c2cnccn2)C1. The van der Waals surface area contributed by atoms with Gasteiger partial charge in [-0.3, -0.25) is 14.6 Å². The highest BCUT2D eigenvalue weighted by Gasteiger charge is 2.28. The first-order chi connectivity index (χ1) is 8.16. The number of hydrogen-bond acceptors (Lipinski definition) is 4. The van der Waals surface area contributed by atoms with Crippen molar-refractivity contribution >= 4 is 11.9 Å². The molecule has 6 heteroatoms. The van der Waals surface area contributed by atoms with Crippen LogP contribution < -0.4 is 0 Å². The topological polar surface area (TPSA) is 83.4 Å². The van der Waals surface area contributed by atoms with Gasteiger partial charge < -0.3 is 10.0 Å². The van der Waals surface area contributed by atoms with E-state index in [9.17, 15) is 9.59 Å². The molecule has 1 aliphatic rings. The number of carboxylic acid groups (broad SMARTS) is 1. The lowest BCUT2D eigenvalue weighted by Crippen LogP contribution is -2.29. The van der Waals surface area contributed by atoms with Crippen LogP contribution in [-0.4, -0.2) is 44.9 Å². The minimum atomic E-state index is -0.816. The maximum atomic E-state index is 12.0. The van der Waals surface area contributed by atoms with E-state index in [0.717, 1.165) is 6.42 Å². The first-order valence-electron chi connectivity index (χ1n) is 5.44. The molecule has 1 fully saturated rings. The lowest BCUT2D eigenvalue weighted by Gasteiger charge is -2.15. The molecule has 1 aromatic heterocycles. The standard InChI is InChI=1S/C11H13N3O3/c15-10(16)5-8-1-4-14(7-8)11(17)9-6-12-2-3-13-9/h2-3,6,8H,1,4-5,7H2,(H,15,16). The van der Waals surface area contributed by atoms with Crippen molar-refractivity contribution in [2.24, 2.45) is 5.92 Å². The maximum absolute atomic E-state index is 12.0. The monoisotopic (exact) mass is 235 g/mol. The van der Waals surface area contributed by atoms with E-state index in [1.807, 2.05) is 0 Å². The van der Waals surface area contributed by atoms with Gasteiger partial charge in [-0.1, -0.05) is 0 Å². The maximum Gasteiger partial charge on any atom is 0.303 e. The lowest BCUT2D eigenvalue weighted by atomic mass is 10.1. The predicted octanol–water partition coefficient (Wildman–Crippen LogP) is 0.413. The number of hydrogen-bond donors (Lipinski definition) is 1. The van der Waals surface area contributed by atoms with E-state index in [1.165, 1.54) is 18.6 Å². The summed E-state index contributed by atoms with van der Waals surface area (Å²) in [6.07, 6.45) is 5.25. The molecule has 1 saturated heterocycles. The van der Waals surface area contributed by atoms with Gasteiger partial charge in [0, 0.05) is 31.9 Å². The third-order valence-corrected chi connectivity index (χ3v) is 2.82. The Balaban J connectivity index is 1.97. The van der Waals surface area contributed by atoms with E-state index >= 15 is 0 Å². The second-order valence-electron chi connectivity index (χ2n) is 4.09. The van der Waals surface area contributed by atoms with Crippen molar-refractivity contribution in [3.63, 3.8) is 0 Å². The molecule has 0 aromatic carbocycles. The fraction of sp³-hybridized carbons (Fsp3) is 0.455. The number of aromatic nitrogens is 2.